The Labute approximate surface area is 501 Å². The molecule has 1 atom stereocenters. The average Bonchev–Trinajstić information content (AvgIpc) is 3.46. The summed E-state index contributed by atoms with van der Waals surface area (Å²) in [5.74, 6) is -0.832. The number of esters is 3. The second kappa shape index (κ2) is 69.6. The third kappa shape index (κ3) is 66.9. The molecule has 0 N–H and O–H groups in total. The topological polar surface area (TPSA) is 78.9 Å². The molecule has 0 aromatic rings. The summed E-state index contributed by atoms with van der Waals surface area (Å²) in [4.78, 5) is 38.3. The summed E-state index contributed by atoms with van der Waals surface area (Å²) < 4.78 is 16.9. The van der Waals surface area contributed by atoms with Gasteiger partial charge in [0.25, 0.3) is 0 Å². The molecular weight excluding hydrogens is 985 g/mol. The van der Waals surface area contributed by atoms with Gasteiger partial charge in [-0.25, -0.2) is 0 Å². The van der Waals surface area contributed by atoms with E-state index in [-0.39, 0.29) is 31.1 Å². The van der Waals surface area contributed by atoms with Gasteiger partial charge in [0, 0.05) is 19.3 Å². The van der Waals surface area contributed by atoms with E-state index in [0.717, 1.165) is 57.8 Å². The van der Waals surface area contributed by atoms with Gasteiger partial charge in [-0.3, -0.25) is 14.4 Å². The quantitative estimate of drug-likeness (QED) is 0.0261. The molecule has 0 aliphatic heterocycles. The van der Waals surface area contributed by atoms with Gasteiger partial charge in [-0.05, 0) is 44.9 Å². The largest absolute Gasteiger partial charge is 0.462 e. The van der Waals surface area contributed by atoms with Gasteiger partial charge in [0.15, 0.2) is 6.10 Å². The normalized spacial score (nSPS) is 12.0. The molecule has 0 amide bonds. The van der Waals surface area contributed by atoms with Crippen LogP contribution in [-0.4, -0.2) is 37.2 Å². The fourth-order valence-electron chi connectivity index (χ4n) is 11.5. The molecule has 1 unspecified atom stereocenters. The molecule has 0 heterocycles. The van der Waals surface area contributed by atoms with Crippen LogP contribution >= 0.6 is 0 Å². The van der Waals surface area contributed by atoms with Crippen LogP contribution in [0.2, 0.25) is 0 Å². The number of unbranched alkanes of at least 4 members (excludes halogenated alkanes) is 56. The van der Waals surface area contributed by atoms with E-state index in [1.807, 2.05) is 0 Å². The third-order valence-corrected chi connectivity index (χ3v) is 17.0. The van der Waals surface area contributed by atoms with Gasteiger partial charge in [-0.2, -0.15) is 0 Å². The zero-order chi connectivity index (χ0) is 57.8. The molecule has 0 aromatic heterocycles. The summed E-state index contributed by atoms with van der Waals surface area (Å²) in [6.07, 6.45) is 84.3. The van der Waals surface area contributed by atoms with Crippen molar-refractivity contribution in [3.63, 3.8) is 0 Å². The highest BCUT2D eigenvalue weighted by molar-refractivity contribution is 5.71. The first-order chi connectivity index (χ1) is 39.5. The third-order valence-electron chi connectivity index (χ3n) is 17.0. The van der Waals surface area contributed by atoms with Crippen molar-refractivity contribution in [2.75, 3.05) is 13.2 Å². The number of hydrogen-bond acceptors (Lipinski definition) is 6. The second-order valence-corrected chi connectivity index (χ2v) is 25.2. The van der Waals surface area contributed by atoms with E-state index in [1.54, 1.807) is 0 Å². The maximum Gasteiger partial charge on any atom is 0.306 e. The van der Waals surface area contributed by atoms with Crippen LogP contribution in [0.25, 0.3) is 0 Å². The minimum Gasteiger partial charge on any atom is -0.462 e. The minimum absolute atomic E-state index is 0.0624. The number of carbonyl (C=O) groups excluding carboxylic acids is 3. The van der Waals surface area contributed by atoms with E-state index in [9.17, 15) is 14.4 Å². The highest BCUT2D eigenvalue weighted by Gasteiger charge is 2.20. The molecule has 0 radical (unpaired) electrons. The second-order valence-electron chi connectivity index (χ2n) is 25.2. The van der Waals surface area contributed by atoms with E-state index in [0.29, 0.717) is 19.3 Å². The molecule has 0 aliphatic carbocycles. The average molecular weight is 1130 g/mol. The Hall–Kier alpha value is -1.85. The zero-order valence-corrected chi connectivity index (χ0v) is 54.6. The van der Waals surface area contributed by atoms with E-state index < -0.39 is 6.10 Å². The predicted molar refractivity (Wildman–Crippen MR) is 349 cm³/mol. The Morgan fingerprint density at radius 1 is 0.237 bits per heavy atom. The first-order valence-corrected chi connectivity index (χ1v) is 36.7. The maximum absolute atomic E-state index is 12.9. The standard InChI is InChI=1S/C74H142O6/c1-4-7-10-13-16-19-21-23-25-27-29-31-33-34-35-36-37-38-39-40-42-43-45-47-49-51-53-55-58-61-64-67-73(76)79-70-71(69-78-72(75)66-63-60-57-18-15-12-9-6-3)80-74(77)68-65-62-59-56-54-52-50-48-46-44-41-32-30-28-26-24-22-20-17-14-11-8-5-2/h27,29,71H,4-26,28,30-70H2,1-3H3/b29-27-. The molecule has 0 saturated carbocycles. The highest BCUT2D eigenvalue weighted by Crippen LogP contribution is 2.19. The van der Waals surface area contributed by atoms with E-state index >= 15 is 0 Å². The predicted octanol–water partition coefficient (Wildman–Crippen LogP) is 25.2. The van der Waals surface area contributed by atoms with Gasteiger partial charge in [-0.1, -0.05) is 373 Å². The SMILES string of the molecule is CCCCCCCCCC/C=C\CCCCCCCCCCCCCCCCCCCCCC(=O)OCC(COC(=O)CCCCCCCCCC)OC(=O)CCCCCCCCCCCCCCCCCCCCCCCCC. The summed E-state index contributed by atoms with van der Waals surface area (Å²) in [5.41, 5.74) is 0. The molecule has 80 heavy (non-hydrogen) atoms. The molecule has 6 nitrogen and oxygen atoms in total. The molecule has 0 aromatic carbocycles. The van der Waals surface area contributed by atoms with Gasteiger partial charge >= 0.3 is 17.9 Å². The molecule has 0 rings (SSSR count). The lowest BCUT2D eigenvalue weighted by atomic mass is 10.0. The molecule has 0 saturated heterocycles. The van der Waals surface area contributed by atoms with Gasteiger partial charge in [0.2, 0.25) is 0 Å². The van der Waals surface area contributed by atoms with Crippen LogP contribution in [0.3, 0.4) is 0 Å². The van der Waals surface area contributed by atoms with Crippen molar-refractivity contribution in [1.82, 2.24) is 0 Å². The summed E-state index contributed by atoms with van der Waals surface area (Å²) in [6, 6.07) is 0. The molecule has 0 bridgehead atoms. The first kappa shape index (κ1) is 78.1. The van der Waals surface area contributed by atoms with Gasteiger partial charge in [0.05, 0.1) is 0 Å². The fourth-order valence-corrected chi connectivity index (χ4v) is 11.5. The lowest BCUT2D eigenvalue weighted by Crippen LogP contribution is -2.30. The van der Waals surface area contributed by atoms with Crippen LogP contribution in [0.5, 0.6) is 0 Å². The Balaban J connectivity index is 4.00. The van der Waals surface area contributed by atoms with Crippen LogP contribution in [-0.2, 0) is 28.6 Å². The number of ether oxygens (including phenoxy) is 3. The van der Waals surface area contributed by atoms with E-state index in [1.165, 1.54) is 327 Å². The van der Waals surface area contributed by atoms with Crippen molar-refractivity contribution in [1.29, 1.82) is 0 Å². The van der Waals surface area contributed by atoms with Crippen molar-refractivity contribution in [3.05, 3.63) is 12.2 Å². The monoisotopic (exact) mass is 1130 g/mol. The number of rotatable bonds is 69. The fraction of sp³-hybridized carbons (Fsp3) is 0.932. The van der Waals surface area contributed by atoms with Crippen molar-refractivity contribution in [3.8, 4) is 0 Å². The molecular formula is C74H142O6. The number of carbonyl (C=O) groups is 3. The van der Waals surface area contributed by atoms with Crippen LogP contribution in [0.4, 0.5) is 0 Å². The van der Waals surface area contributed by atoms with Gasteiger partial charge < -0.3 is 14.2 Å². The Bertz CT molecular complexity index is 1250. The minimum atomic E-state index is -0.764. The number of allylic oxidation sites excluding steroid dienone is 2. The zero-order valence-electron chi connectivity index (χ0n) is 54.6. The molecule has 6 heteroatoms. The summed E-state index contributed by atoms with van der Waals surface area (Å²) in [7, 11) is 0. The Kier molecular flexibility index (Phi) is 68.0. The molecule has 0 fully saturated rings. The van der Waals surface area contributed by atoms with Crippen LogP contribution in [0.1, 0.15) is 425 Å². The molecule has 474 valence electrons. The van der Waals surface area contributed by atoms with Gasteiger partial charge in [-0.15, -0.1) is 0 Å². The van der Waals surface area contributed by atoms with E-state index in [4.69, 9.17) is 14.2 Å². The Morgan fingerprint density at radius 2 is 0.412 bits per heavy atom. The summed E-state index contributed by atoms with van der Waals surface area (Å²) >= 11 is 0. The van der Waals surface area contributed by atoms with Crippen molar-refractivity contribution < 1.29 is 28.6 Å². The number of hydrogen-bond donors (Lipinski definition) is 0. The summed E-state index contributed by atoms with van der Waals surface area (Å²) in [5, 5.41) is 0. The van der Waals surface area contributed by atoms with Gasteiger partial charge in [0.1, 0.15) is 13.2 Å². The van der Waals surface area contributed by atoms with Crippen molar-refractivity contribution in [2.24, 2.45) is 0 Å². The smallest absolute Gasteiger partial charge is 0.306 e. The van der Waals surface area contributed by atoms with Crippen LogP contribution in [0.15, 0.2) is 12.2 Å². The summed E-state index contributed by atoms with van der Waals surface area (Å²) in [6.45, 7) is 6.70. The van der Waals surface area contributed by atoms with Crippen molar-refractivity contribution >= 4 is 17.9 Å². The molecule has 0 aliphatic rings. The highest BCUT2D eigenvalue weighted by atomic mass is 16.6. The Morgan fingerprint density at radius 3 is 0.625 bits per heavy atom. The first-order valence-electron chi connectivity index (χ1n) is 36.7. The van der Waals surface area contributed by atoms with Crippen LogP contribution < -0.4 is 0 Å². The lowest BCUT2D eigenvalue weighted by molar-refractivity contribution is -0.167. The lowest BCUT2D eigenvalue weighted by Gasteiger charge is -2.18. The van der Waals surface area contributed by atoms with Crippen molar-refractivity contribution in [2.45, 2.75) is 431 Å². The molecule has 0 spiro atoms. The van der Waals surface area contributed by atoms with Crippen LogP contribution in [0, 0.1) is 0 Å². The maximum atomic E-state index is 12.9. The van der Waals surface area contributed by atoms with E-state index in [2.05, 4.69) is 32.9 Å².